The molecule has 5 nitrogen and oxygen atoms in total. The van der Waals surface area contributed by atoms with Crippen molar-refractivity contribution >= 4 is 17.7 Å². The molecule has 0 aliphatic heterocycles. The van der Waals surface area contributed by atoms with E-state index < -0.39 is 30.4 Å². The number of benzene rings is 2. The van der Waals surface area contributed by atoms with Gasteiger partial charge in [-0.3, -0.25) is 0 Å². The predicted molar refractivity (Wildman–Crippen MR) is 107 cm³/mol. The van der Waals surface area contributed by atoms with Gasteiger partial charge in [0.25, 0.3) is 0 Å². The summed E-state index contributed by atoms with van der Waals surface area (Å²) in [5.74, 6) is 0.281. The quantitative estimate of drug-likeness (QED) is 0.383. The van der Waals surface area contributed by atoms with Crippen molar-refractivity contribution in [2.24, 2.45) is 0 Å². The van der Waals surface area contributed by atoms with E-state index in [1.165, 1.54) is 23.9 Å². The van der Waals surface area contributed by atoms with E-state index >= 15 is 0 Å². The number of hydrogen-bond acceptors (Lipinski definition) is 5. The van der Waals surface area contributed by atoms with E-state index in [9.17, 15) is 23.1 Å². The third kappa shape index (κ3) is 8.16. The van der Waals surface area contributed by atoms with Gasteiger partial charge in [-0.2, -0.15) is 13.2 Å². The van der Waals surface area contributed by atoms with Crippen LogP contribution in [0.3, 0.4) is 0 Å². The number of aryl methyl sites for hydroxylation is 1. The molecular weight excluding hydrogens is 421 g/mol. The number of carbonyl (C=O) groups is 1. The van der Waals surface area contributed by atoms with Gasteiger partial charge in [0.05, 0.1) is 18.3 Å². The summed E-state index contributed by atoms with van der Waals surface area (Å²) in [5.41, 5.74) is 0.0831. The average Bonchev–Trinajstić information content (AvgIpc) is 2.68. The van der Waals surface area contributed by atoms with Crippen molar-refractivity contribution in [3.8, 4) is 11.5 Å². The summed E-state index contributed by atoms with van der Waals surface area (Å²) >= 11 is 1.46. The molecule has 0 spiro atoms. The van der Waals surface area contributed by atoms with Gasteiger partial charge >= 0.3 is 12.1 Å². The third-order valence-electron chi connectivity index (χ3n) is 4.07. The molecule has 9 heteroatoms. The number of halogens is 3. The van der Waals surface area contributed by atoms with Gasteiger partial charge in [0.1, 0.15) is 11.5 Å². The highest BCUT2D eigenvalue weighted by atomic mass is 32.2. The van der Waals surface area contributed by atoms with Crippen LogP contribution >= 0.6 is 11.8 Å². The lowest BCUT2D eigenvalue weighted by Gasteiger charge is -2.13. The van der Waals surface area contributed by atoms with Gasteiger partial charge in [0.2, 0.25) is 0 Å². The molecule has 0 bridgehead atoms. The van der Waals surface area contributed by atoms with Gasteiger partial charge in [0, 0.05) is 10.6 Å². The van der Waals surface area contributed by atoms with Crippen molar-refractivity contribution in [1.82, 2.24) is 0 Å². The van der Waals surface area contributed by atoms with E-state index in [-0.39, 0.29) is 0 Å². The Labute approximate surface area is 176 Å². The SMILES string of the molecule is Cc1cc(SCC(O)CCCOc2ccc(C(F)(F)F)cc2)ccc1OCC(=O)O. The maximum absolute atomic E-state index is 12.5. The summed E-state index contributed by atoms with van der Waals surface area (Å²) in [6, 6.07) is 9.87. The van der Waals surface area contributed by atoms with Crippen molar-refractivity contribution in [2.75, 3.05) is 19.0 Å². The molecule has 0 aromatic heterocycles. The topological polar surface area (TPSA) is 76.0 Å². The molecule has 0 radical (unpaired) electrons. The Hall–Kier alpha value is -2.39. The molecule has 0 saturated heterocycles. The molecule has 0 saturated carbocycles. The minimum atomic E-state index is -4.37. The Kier molecular flexibility index (Phi) is 8.86. The van der Waals surface area contributed by atoms with Gasteiger partial charge in [-0.25, -0.2) is 4.79 Å². The molecule has 0 heterocycles. The molecule has 30 heavy (non-hydrogen) atoms. The zero-order valence-electron chi connectivity index (χ0n) is 16.3. The van der Waals surface area contributed by atoms with Gasteiger partial charge in [-0.05, 0) is 67.8 Å². The molecule has 1 atom stereocenters. The Morgan fingerprint density at radius 3 is 2.43 bits per heavy atom. The molecule has 0 amide bonds. The zero-order valence-corrected chi connectivity index (χ0v) is 17.1. The number of aliphatic hydroxyl groups excluding tert-OH is 1. The van der Waals surface area contributed by atoms with Gasteiger partial charge in [-0.1, -0.05) is 0 Å². The van der Waals surface area contributed by atoms with Crippen molar-refractivity contribution in [3.63, 3.8) is 0 Å². The first kappa shape index (κ1) is 23.9. The number of thioether (sulfide) groups is 1. The summed E-state index contributed by atoms with van der Waals surface area (Å²) in [6.07, 6.45) is -3.88. The first-order chi connectivity index (χ1) is 14.1. The number of ether oxygens (including phenoxy) is 2. The second-order valence-electron chi connectivity index (χ2n) is 6.59. The van der Waals surface area contributed by atoms with Crippen LogP contribution in [-0.2, 0) is 11.0 Å². The Balaban J connectivity index is 1.68. The van der Waals surface area contributed by atoms with E-state index in [1.54, 1.807) is 12.1 Å². The summed E-state index contributed by atoms with van der Waals surface area (Å²) in [7, 11) is 0. The Morgan fingerprint density at radius 1 is 1.13 bits per heavy atom. The highest BCUT2D eigenvalue weighted by molar-refractivity contribution is 7.99. The monoisotopic (exact) mass is 444 g/mol. The van der Waals surface area contributed by atoms with Crippen molar-refractivity contribution in [2.45, 2.75) is 36.9 Å². The van der Waals surface area contributed by atoms with Crippen LogP contribution in [0.15, 0.2) is 47.4 Å². The summed E-state index contributed by atoms with van der Waals surface area (Å²) in [4.78, 5) is 11.5. The van der Waals surface area contributed by atoms with Crippen LogP contribution in [0.4, 0.5) is 13.2 Å². The Bertz CT molecular complexity index is 824. The fraction of sp³-hybridized carbons (Fsp3) is 0.381. The van der Waals surface area contributed by atoms with Crippen molar-refractivity contribution in [3.05, 3.63) is 53.6 Å². The van der Waals surface area contributed by atoms with Crippen molar-refractivity contribution in [1.29, 1.82) is 0 Å². The van der Waals surface area contributed by atoms with Crippen LogP contribution in [-0.4, -0.2) is 41.3 Å². The molecule has 0 aliphatic carbocycles. The zero-order chi connectivity index (χ0) is 22.1. The Morgan fingerprint density at radius 2 is 1.83 bits per heavy atom. The largest absolute Gasteiger partial charge is 0.494 e. The molecule has 2 rings (SSSR count). The van der Waals surface area contributed by atoms with Crippen LogP contribution in [0.2, 0.25) is 0 Å². The summed E-state index contributed by atoms with van der Waals surface area (Å²) < 4.78 is 48.1. The third-order valence-corrected chi connectivity index (χ3v) is 5.21. The van der Waals surface area contributed by atoms with Gasteiger partial charge < -0.3 is 19.7 Å². The fourth-order valence-electron chi connectivity index (χ4n) is 2.54. The number of hydrogen-bond donors (Lipinski definition) is 2. The summed E-state index contributed by atoms with van der Waals surface area (Å²) in [5, 5.41) is 18.8. The summed E-state index contributed by atoms with van der Waals surface area (Å²) in [6.45, 7) is 1.71. The molecule has 1 unspecified atom stereocenters. The lowest BCUT2D eigenvalue weighted by atomic mass is 10.2. The minimum Gasteiger partial charge on any atom is -0.494 e. The second kappa shape index (κ2) is 11.1. The lowest BCUT2D eigenvalue weighted by Crippen LogP contribution is -2.12. The molecule has 2 N–H and O–H groups in total. The molecule has 0 fully saturated rings. The first-order valence-corrected chi connectivity index (χ1v) is 10.2. The van der Waals surface area contributed by atoms with Crippen LogP contribution in [0.5, 0.6) is 11.5 Å². The first-order valence-electron chi connectivity index (χ1n) is 9.21. The molecule has 2 aromatic carbocycles. The number of aliphatic hydroxyl groups is 1. The fourth-order valence-corrected chi connectivity index (χ4v) is 3.51. The number of aliphatic carboxylic acids is 1. The van der Waals surface area contributed by atoms with Gasteiger partial charge in [0.15, 0.2) is 6.61 Å². The normalized spacial score (nSPS) is 12.4. The van der Waals surface area contributed by atoms with E-state index in [0.29, 0.717) is 36.7 Å². The predicted octanol–water partition coefficient (Wildman–Crippen LogP) is 4.79. The van der Waals surface area contributed by atoms with E-state index in [4.69, 9.17) is 14.6 Å². The standard InChI is InChI=1S/C21H23F3O5S/c1-14-11-18(8-9-19(14)29-12-20(26)27)30-13-16(25)3-2-10-28-17-6-4-15(5-7-17)21(22,23)24/h4-9,11,16,25H,2-3,10,12-13H2,1H3,(H,26,27). The highest BCUT2D eigenvalue weighted by Crippen LogP contribution is 2.30. The molecule has 164 valence electrons. The van der Waals surface area contributed by atoms with E-state index in [0.717, 1.165) is 22.6 Å². The minimum absolute atomic E-state index is 0.293. The molecule has 2 aromatic rings. The maximum Gasteiger partial charge on any atom is 0.416 e. The lowest BCUT2D eigenvalue weighted by molar-refractivity contribution is -0.139. The average molecular weight is 444 g/mol. The van der Waals surface area contributed by atoms with E-state index in [2.05, 4.69) is 0 Å². The van der Waals surface area contributed by atoms with Crippen LogP contribution < -0.4 is 9.47 Å². The van der Waals surface area contributed by atoms with Crippen LogP contribution in [0.25, 0.3) is 0 Å². The van der Waals surface area contributed by atoms with E-state index in [1.807, 2.05) is 13.0 Å². The number of alkyl halides is 3. The maximum atomic E-state index is 12.5. The number of carboxylic acid groups (broad SMARTS) is 1. The molecular formula is C21H23F3O5S. The second-order valence-corrected chi connectivity index (χ2v) is 7.68. The van der Waals surface area contributed by atoms with Crippen molar-refractivity contribution < 1.29 is 37.7 Å². The number of rotatable bonds is 11. The van der Waals surface area contributed by atoms with Crippen LogP contribution in [0, 0.1) is 6.92 Å². The number of carboxylic acids is 1. The molecule has 0 aliphatic rings. The highest BCUT2D eigenvalue weighted by Gasteiger charge is 2.30. The van der Waals surface area contributed by atoms with Gasteiger partial charge in [-0.15, -0.1) is 11.8 Å². The van der Waals surface area contributed by atoms with Crippen LogP contribution in [0.1, 0.15) is 24.0 Å². The smallest absolute Gasteiger partial charge is 0.416 e.